The zero-order valence-corrected chi connectivity index (χ0v) is 13.3. The second-order valence-corrected chi connectivity index (χ2v) is 6.25. The van der Waals surface area contributed by atoms with Gasteiger partial charge < -0.3 is 0 Å². The average molecular weight is 330 g/mol. The first kappa shape index (κ1) is 16.4. The van der Waals surface area contributed by atoms with Crippen molar-refractivity contribution in [2.75, 3.05) is 0 Å². The fourth-order valence-corrected chi connectivity index (χ4v) is 2.94. The minimum Gasteiger partial charge on any atom is -0.289 e. The normalized spacial score (nSPS) is 16.4. The standard InChI is InChI=1S/C15H24BrNO2/c1-2-3-4-5-6-7-8-9-10-13(16)12-11-14(18)17-15(12)19/h11,13H,2-10H2,1H3,(H,17,18,19). The Morgan fingerprint density at radius 3 is 2.16 bits per heavy atom. The van der Waals surface area contributed by atoms with Crippen molar-refractivity contribution < 1.29 is 9.59 Å². The maximum Gasteiger partial charge on any atom is 0.255 e. The highest BCUT2D eigenvalue weighted by atomic mass is 79.9. The van der Waals surface area contributed by atoms with E-state index in [1.54, 1.807) is 0 Å². The summed E-state index contributed by atoms with van der Waals surface area (Å²) >= 11 is 3.49. The van der Waals surface area contributed by atoms with Crippen LogP contribution in [0.15, 0.2) is 11.6 Å². The molecule has 1 heterocycles. The first-order valence-electron chi connectivity index (χ1n) is 7.36. The van der Waals surface area contributed by atoms with Crippen molar-refractivity contribution in [3.63, 3.8) is 0 Å². The van der Waals surface area contributed by atoms with Gasteiger partial charge in [0.1, 0.15) is 0 Å². The summed E-state index contributed by atoms with van der Waals surface area (Å²) in [6.07, 6.45) is 12.6. The topological polar surface area (TPSA) is 46.2 Å². The Labute approximate surface area is 124 Å². The number of carbonyl (C=O) groups is 2. The van der Waals surface area contributed by atoms with Gasteiger partial charge in [0.25, 0.3) is 11.8 Å². The van der Waals surface area contributed by atoms with E-state index < -0.39 is 0 Å². The molecule has 0 saturated heterocycles. The lowest BCUT2D eigenvalue weighted by molar-refractivity contribution is -0.123. The van der Waals surface area contributed by atoms with E-state index in [2.05, 4.69) is 28.2 Å². The molecule has 0 aromatic heterocycles. The van der Waals surface area contributed by atoms with Crippen molar-refractivity contribution in [1.29, 1.82) is 0 Å². The monoisotopic (exact) mass is 329 g/mol. The molecule has 1 atom stereocenters. The fraction of sp³-hybridized carbons (Fsp3) is 0.733. The highest BCUT2D eigenvalue weighted by molar-refractivity contribution is 9.09. The number of carbonyl (C=O) groups excluding carboxylic acids is 2. The molecule has 1 aliphatic heterocycles. The first-order valence-corrected chi connectivity index (χ1v) is 8.27. The third-order valence-electron chi connectivity index (χ3n) is 3.43. The summed E-state index contributed by atoms with van der Waals surface area (Å²) in [5, 5.41) is 2.28. The molecule has 1 unspecified atom stereocenters. The Morgan fingerprint density at radius 2 is 1.63 bits per heavy atom. The van der Waals surface area contributed by atoms with Crippen molar-refractivity contribution in [3.05, 3.63) is 11.6 Å². The third-order valence-corrected chi connectivity index (χ3v) is 4.39. The molecule has 108 valence electrons. The first-order chi connectivity index (χ1) is 9.15. The van der Waals surface area contributed by atoms with Gasteiger partial charge in [-0.2, -0.15) is 0 Å². The molecular weight excluding hydrogens is 306 g/mol. The highest BCUT2D eigenvalue weighted by Gasteiger charge is 2.25. The zero-order valence-electron chi connectivity index (χ0n) is 11.7. The number of rotatable bonds is 10. The summed E-state index contributed by atoms with van der Waals surface area (Å²) in [5.74, 6) is -0.535. The SMILES string of the molecule is CCCCCCCCCCC(Br)C1=CC(=O)NC1=O. The predicted octanol–water partition coefficient (Wildman–Crippen LogP) is 3.86. The highest BCUT2D eigenvalue weighted by Crippen LogP contribution is 2.22. The van der Waals surface area contributed by atoms with Crippen molar-refractivity contribution in [2.24, 2.45) is 0 Å². The fourth-order valence-electron chi connectivity index (χ4n) is 2.27. The van der Waals surface area contributed by atoms with Crippen LogP contribution in [0.4, 0.5) is 0 Å². The number of nitrogens with one attached hydrogen (secondary N) is 1. The summed E-state index contributed by atoms with van der Waals surface area (Å²) < 4.78 is 0. The molecule has 0 aromatic carbocycles. The van der Waals surface area contributed by atoms with Crippen LogP contribution in [0, 0.1) is 0 Å². The minimum absolute atomic E-state index is 0.0130. The smallest absolute Gasteiger partial charge is 0.255 e. The lowest BCUT2D eigenvalue weighted by Crippen LogP contribution is -2.24. The van der Waals surface area contributed by atoms with E-state index in [0.717, 1.165) is 12.8 Å². The maximum atomic E-state index is 11.4. The molecule has 19 heavy (non-hydrogen) atoms. The van der Waals surface area contributed by atoms with Crippen molar-refractivity contribution in [1.82, 2.24) is 5.32 Å². The second-order valence-electron chi connectivity index (χ2n) is 5.15. The van der Waals surface area contributed by atoms with Gasteiger partial charge in [-0.1, -0.05) is 74.2 Å². The number of unbranched alkanes of at least 4 members (excludes halogenated alkanes) is 7. The van der Waals surface area contributed by atoms with Crippen molar-refractivity contribution in [3.8, 4) is 0 Å². The van der Waals surface area contributed by atoms with E-state index in [4.69, 9.17) is 0 Å². The van der Waals surface area contributed by atoms with E-state index in [0.29, 0.717) is 5.57 Å². The molecule has 0 radical (unpaired) electrons. The summed E-state index contributed by atoms with van der Waals surface area (Å²) in [6, 6.07) is 0. The molecule has 1 N–H and O–H groups in total. The molecule has 0 spiro atoms. The van der Waals surface area contributed by atoms with Crippen LogP contribution in [0.5, 0.6) is 0 Å². The largest absolute Gasteiger partial charge is 0.289 e. The van der Waals surface area contributed by atoms with Gasteiger partial charge in [0.15, 0.2) is 0 Å². The molecular formula is C15H24BrNO2. The molecule has 0 bridgehead atoms. The van der Waals surface area contributed by atoms with E-state index in [-0.39, 0.29) is 16.6 Å². The van der Waals surface area contributed by atoms with E-state index in [1.165, 1.54) is 51.0 Å². The molecule has 3 nitrogen and oxygen atoms in total. The predicted molar refractivity (Wildman–Crippen MR) is 81.2 cm³/mol. The van der Waals surface area contributed by atoms with E-state index >= 15 is 0 Å². The molecule has 0 aliphatic carbocycles. The molecule has 1 aliphatic rings. The Bertz CT molecular complexity index is 339. The van der Waals surface area contributed by atoms with Crippen LogP contribution >= 0.6 is 15.9 Å². The quantitative estimate of drug-likeness (QED) is 0.375. The molecule has 0 aromatic rings. The Hall–Kier alpha value is -0.640. The lowest BCUT2D eigenvalue weighted by atomic mass is 10.0. The molecule has 4 heteroatoms. The van der Waals surface area contributed by atoms with Gasteiger partial charge in [0.2, 0.25) is 0 Å². The average Bonchev–Trinajstić information content (AvgIpc) is 2.71. The van der Waals surface area contributed by atoms with Crippen LogP contribution in [-0.4, -0.2) is 16.6 Å². The van der Waals surface area contributed by atoms with Crippen molar-refractivity contribution in [2.45, 2.75) is 69.5 Å². The summed E-state index contributed by atoms with van der Waals surface area (Å²) in [4.78, 5) is 22.5. The Balaban J connectivity index is 2.05. The van der Waals surface area contributed by atoms with Crippen LogP contribution in [-0.2, 0) is 9.59 Å². The number of hydrogen-bond donors (Lipinski definition) is 1. The third kappa shape index (κ3) is 6.37. The van der Waals surface area contributed by atoms with Gasteiger partial charge in [-0.3, -0.25) is 14.9 Å². The number of imide groups is 1. The summed E-state index contributed by atoms with van der Waals surface area (Å²) in [6.45, 7) is 2.23. The molecule has 0 fully saturated rings. The number of hydrogen-bond acceptors (Lipinski definition) is 2. The number of amides is 2. The van der Waals surface area contributed by atoms with Crippen LogP contribution in [0.25, 0.3) is 0 Å². The lowest BCUT2D eigenvalue weighted by Gasteiger charge is -2.09. The van der Waals surface area contributed by atoms with Crippen LogP contribution < -0.4 is 5.32 Å². The van der Waals surface area contributed by atoms with Crippen LogP contribution in [0.2, 0.25) is 0 Å². The van der Waals surface area contributed by atoms with Gasteiger partial charge in [-0.25, -0.2) is 0 Å². The van der Waals surface area contributed by atoms with Crippen LogP contribution in [0.1, 0.15) is 64.7 Å². The van der Waals surface area contributed by atoms with Gasteiger partial charge in [0, 0.05) is 16.5 Å². The number of alkyl halides is 1. The van der Waals surface area contributed by atoms with E-state index in [9.17, 15) is 9.59 Å². The van der Waals surface area contributed by atoms with Crippen LogP contribution in [0.3, 0.4) is 0 Å². The Morgan fingerprint density at radius 1 is 1.05 bits per heavy atom. The van der Waals surface area contributed by atoms with Crippen molar-refractivity contribution >= 4 is 27.7 Å². The van der Waals surface area contributed by atoms with Gasteiger partial charge in [-0.05, 0) is 6.42 Å². The maximum absolute atomic E-state index is 11.4. The Kier molecular flexibility index (Phi) is 8.03. The van der Waals surface area contributed by atoms with Gasteiger partial charge >= 0.3 is 0 Å². The van der Waals surface area contributed by atoms with Gasteiger partial charge in [0.05, 0.1) is 0 Å². The minimum atomic E-state index is -0.291. The molecule has 0 saturated carbocycles. The number of halogens is 1. The second kappa shape index (κ2) is 9.29. The van der Waals surface area contributed by atoms with Gasteiger partial charge in [-0.15, -0.1) is 0 Å². The molecule has 2 amide bonds. The molecule has 1 rings (SSSR count). The summed E-state index contributed by atoms with van der Waals surface area (Å²) in [7, 11) is 0. The van der Waals surface area contributed by atoms with E-state index in [1.807, 2.05) is 0 Å². The zero-order chi connectivity index (χ0) is 14.1. The summed E-state index contributed by atoms with van der Waals surface area (Å²) in [5.41, 5.74) is 0.577.